The van der Waals surface area contributed by atoms with Gasteiger partial charge in [-0.15, -0.1) is 10.2 Å². The summed E-state index contributed by atoms with van der Waals surface area (Å²) in [6, 6.07) is 6.54. The Labute approximate surface area is 228 Å². The van der Waals surface area contributed by atoms with Gasteiger partial charge in [0.2, 0.25) is 0 Å². The molecule has 1 aliphatic carbocycles. The van der Waals surface area contributed by atoms with Crippen molar-refractivity contribution in [2.75, 3.05) is 11.9 Å². The summed E-state index contributed by atoms with van der Waals surface area (Å²) in [6.45, 7) is 1.59. The predicted molar refractivity (Wildman–Crippen MR) is 132 cm³/mol. The normalized spacial score (nSPS) is 13.3. The van der Waals surface area contributed by atoms with E-state index in [1.54, 1.807) is 6.07 Å². The van der Waals surface area contributed by atoms with Crippen LogP contribution in [0.1, 0.15) is 50.8 Å². The lowest BCUT2D eigenvalue weighted by Crippen LogP contribution is -2.28. The highest BCUT2D eigenvalue weighted by Crippen LogP contribution is 2.29. The molecule has 5 rings (SSSR count). The number of nitrogens with one attached hydrogen (secondary N) is 2. The van der Waals surface area contributed by atoms with Gasteiger partial charge in [0.15, 0.2) is 5.82 Å². The van der Waals surface area contributed by atoms with Crippen molar-refractivity contribution in [3.8, 4) is 5.82 Å². The summed E-state index contributed by atoms with van der Waals surface area (Å²) in [5.41, 5.74) is 0.253. The van der Waals surface area contributed by atoms with Crippen molar-refractivity contribution in [1.29, 1.82) is 0 Å². The number of aryl methyl sites for hydroxylation is 1. The average molecular weight is 578 g/mol. The SMILES string of the molecule is Cc1cc(F)cc(C(=O)NCC2CC2)c1NC(=O)c1cc(Cn2nnc(C(F)(F)F)n2)nn1-c1ncccc1Cl. The van der Waals surface area contributed by atoms with Gasteiger partial charge in [-0.2, -0.15) is 23.1 Å². The Kier molecular flexibility index (Phi) is 7.23. The monoisotopic (exact) mass is 577 g/mol. The number of carbonyl (C=O) groups is 2. The number of alkyl halides is 3. The first-order chi connectivity index (χ1) is 19.0. The van der Waals surface area contributed by atoms with Crippen LogP contribution in [0.5, 0.6) is 0 Å². The number of pyridine rings is 1. The van der Waals surface area contributed by atoms with E-state index < -0.39 is 29.6 Å². The van der Waals surface area contributed by atoms with E-state index in [1.165, 1.54) is 31.3 Å². The maximum Gasteiger partial charge on any atom is 0.455 e. The van der Waals surface area contributed by atoms with Crippen molar-refractivity contribution in [2.24, 2.45) is 5.92 Å². The minimum Gasteiger partial charge on any atom is -0.352 e. The summed E-state index contributed by atoms with van der Waals surface area (Å²) in [5.74, 6) is -2.98. The summed E-state index contributed by atoms with van der Waals surface area (Å²) in [4.78, 5) is 31.2. The largest absolute Gasteiger partial charge is 0.455 e. The first kappa shape index (κ1) is 27.2. The van der Waals surface area contributed by atoms with Crippen LogP contribution >= 0.6 is 11.6 Å². The van der Waals surface area contributed by atoms with Crippen molar-refractivity contribution < 1.29 is 27.2 Å². The second kappa shape index (κ2) is 10.6. The molecule has 0 radical (unpaired) electrons. The molecule has 2 amide bonds. The summed E-state index contributed by atoms with van der Waals surface area (Å²) >= 11 is 6.28. The fourth-order valence-electron chi connectivity index (χ4n) is 3.85. The second-order valence-electron chi connectivity index (χ2n) is 9.14. The van der Waals surface area contributed by atoms with Crippen molar-refractivity contribution in [1.82, 2.24) is 40.3 Å². The molecule has 2 N–H and O–H groups in total. The Balaban J connectivity index is 1.49. The van der Waals surface area contributed by atoms with Crippen molar-refractivity contribution in [3.05, 3.63) is 75.7 Å². The number of benzene rings is 1. The molecule has 16 heteroatoms. The molecule has 0 saturated heterocycles. The van der Waals surface area contributed by atoms with E-state index >= 15 is 0 Å². The molecular formula is C24H20ClF4N9O2. The number of carbonyl (C=O) groups excluding carboxylic acids is 2. The Morgan fingerprint density at radius 2 is 1.93 bits per heavy atom. The number of hydrogen-bond donors (Lipinski definition) is 2. The number of hydrogen-bond acceptors (Lipinski definition) is 7. The number of aromatic nitrogens is 7. The number of rotatable bonds is 8. The van der Waals surface area contributed by atoms with Crippen molar-refractivity contribution in [3.63, 3.8) is 0 Å². The van der Waals surface area contributed by atoms with Crippen LogP contribution in [0, 0.1) is 18.7 Å². The summed E-state index contributed by atoms with van der Waals surface area (Å²) in [7, 11) is 0. The van der Waals surface area contributed by atoms with E-state index in [9.17, 15) is 27.2 Å². The lowest BCUT2D eigenvalue weighted by Gasteiger charge is -2.15. The highest BCUT2D eigenvalue weighted by Gasteiger charge is 2.37. The maximum absolute atomic E-state index is 14.2. The topological polar surface area (TPSA) is 133 Å². The third-order valence-electron chi connectivity index (χ3n) is 5.97. The average Bonchev–Trinajstić information content (AvgIpc) is 3.43. The van der Waals surface area contributed by atoms with E-state index in [2.05, 4.69) is 36.1 Å². The second-order valence-corrected chi connectivity index (χ2v) is 9.54. The molecule has 1 fully saturated rings. The number of anilines is 1. The quantitative estimate of drug-likeness (QED) is 0.304. The van der Waals surface area contributed by atoms with Crippen LogP contribution in [0.4, 0.5) is 23.2 Å². The third-order valence-corrected chi connectivity index (χ3v) is 6.27. The van der Waals surface area contributed by atoms with Gasteiger partial charge in [-0.25, -0.2) is 14.1 Å². The fourth-order valence-corrected chi connectivity index (χ4v) is 4.05. The van der Waals surface area contributed by atoms with Crippen molar-refractivity contribution >= 4 is 29.1 Å². The van der Waals surface area contributed by atoms with Gasteiger partial charge in [-0.05, 0) is 66.8 Å². The third kappa shape index (κ3) is 5.93. The molecule has 3 aromatic heterocycles. The van der Waals surface area contributed by atoms with Gasteiger partial charge in [0.05, 0.1) is 22.0 Å². The predicted octanol–water partition coefficient (Wildman–Crippen LogP) is 3.81. The van der Waals surface area contributed by atoms with Gasteiger partial charge < -0.3 is 10.6 Å². The summed E-state index contributed by atoms with van der Waals surface area (Å²) < 4.78 is 54.0. The smallest absolute Gasteiger partial charge is 0.352 e. The van der Waals surface area contributed by atoms with E-state index in [0.717, 1.165) is 23.6 Å². The van der Waals surface area contributed by atoms with Crippen LogP contribution in [0.15, 0.2) is 36.5 Å². The molecule has 0 spiro atoms. The minimum absolute atomic E-state index is 0.0568. The van der Waals surface area contributed by atoms with Crippen LogP contribution in [-0.4, -0.2) is 53.3 Å². The van der Waals surface area contributed by atoms with Crippen molar-refractivity contribution in [2.45, 2.75) is 32.5 Å². The van der Waals surface area contributed by atoms with Crippen LogP contribution in [0.2, 0.25) is 5.02 Å². The summed E-state index contributed by atoms with van der Waals surface area (Å²) in [6.07, 6.45) is -1.39. The first-order valence-electron chi connectivity index (χ1n) is 11.9. The summed E-state index contributed by atoms with van der Waals surface area (Å²) in [5, 5.41) is 19.5. The minimum atomic E-state index is -4.79. The molecule has 0 aliphatic heterocycles. The molecule has 11 nitrogen and oxygen atoms in total. The van der Waals surface area contributed by atoms with E-state index in [0.29, 0.717) is 22.8 Å². The van der Waals surface area contributed by atoms with E-state index in [4.69, 9.17) is 11.6 Å². The van der Waals surface area contributed by atoms with Crippen LogP contribution < -0.4 is 10.6 Å². The van der Waals surface area contributed by atoms with Gasteiger partial charge >= 0.3 is 6.18 Å². The van der Waals surface area contributed by atoms with Gasteiger partial charge in [0.1, 0.15) is 18.1 Å². The molecule has 40 heavy (non-hydrogen) atoms. The Morgan fingerprint density at radius 3 is 2.60 bits per heavy atom. The number of nitrogens with zero attached hydrogens (tertiary/aromatic N) is 7. The van der Waals surface area contributed by atoms with Gasteiger partial charge in [-0.3, -0.25) is 9.59 Å². The molecule has 3 heterocycles. The maximum atomic E-state index is 14.2. The lowest BCUT2D eigenvalue weighted by atomic mass is 10.1. The highest BCUT2D eigenvalue weighted by molar-refractivity contribution is 6.32. The molecule has 0 bridgehead atoms. The molecule has 0 unspecified atom stereocenters. The number of amides is 2. The highest BCUT2D eigenvalue weighted by atomic mass is 35.5. The Morgan fingerprint density at radius 1 is 1.15 bits per heavy atom. The molecule has 1 saturated carbocycles. The molecular weight excluding hydrogens is 558 g/mol. The van der Waals surface area contributed by atoms with Crippen LogP contribution in [0.3, 0.4) is 0 Å². The van der Waals surface area contributed by atoms with Gasteiger partial charge in [0.25, 0.3) is 17.6 Å². The zero-order valence-corrected chi connectivity index (χ0v) is 21.5. The van der Waals surface area contributed by atoms with Gasteiger partial charge in [0, 0.05) is 12.7 Å². The molecule has 0 atom stereocenters. The Bertz CT molecular complexity index is 1600. The Hall–Kier alpha value is -4.40. The zero-order valence-electron chi connectivity index (χ0n) is 20.7. The van der Waals surface area contributed by atoms with Gasteiger partial charge in [-0.1, -0.05) is 11.6 Å². The molecule has 208 valence electrons. The fraction of sp³-hybridized carbons (Fsp3) is 0.292. The lowest BCUT2D eigenvalue weighted by molar-refractivity contribution is -0.145. The molecule has 4 aromatic rings. The standard InChI is InChI=1S/C24H20ClF4N9O2/c1-12-7-14(26)8-16(21(39)31-10-13-4-5-13)19(12)32-22(40)18-9-15(11-37-35-23(33-36-37)24(27,28)29)34-38(18)20-17(25)3-2-6-30-20/h2-3,6-9,13H,4-5,10-11H2,1H3,(H,31,39)(H,32,40). The molecule has 1 aromatic carbocycles. The van der Waals surface area contributed by atoms with Crippen LogP contribution in [-0.2, 0) is 12.7 Å². The zero-order chi connectivity index (χ0) is 28.6. The number of halogens is 5. The van der Waals surface area contributed by atoms with E-state index in [1.807, 2.05) is 0 Å². The van der Waals surface area contributed by atoms with Crippen LogP contribution in [0.25, 0.3) is 5.82 Å². The molecule has 1 aliphatic rings. The van der Waals surface area contributed by atoms with E-state index in [-0.39, 0.29) is 40.0 Å². The first-order valence-corrected chi connectivity index (χ1v) is 12.3. The number of tetrazole rings is 1.